The number of fused-ring (bicyclic) bond motifs is 2. The minimum atomic E-state index is -0.113. The van der Waals surface area contributed by atoms with Crippen molar-refractivity contribution in [3.63, 3.8) is 0 Å². The van der Waals surface area contributed by atoms with Crippen molar-refractivity contribution in [2.45, 2.75) is 49.7 Å². The van der Waals surface area contributed by atoms with Gasteiger partial charge in [-0.2, -0.15) is 0 Å². The summed E-state index contributed by atoms with van der Waals surface area (Å²) in [5.74, 6) is 1.68. The van der Waals surface area contributed by atoms with Gasteiger partial charge in [-0.05, 0) is 55.5 Å². The number of hydrogen-bond acceptors (Lipinski definition) is 4. The Morgan fingerprint density at radius 3 is 2.79 bits per heavy atom. The van der Waals surface area contributed by atoms with E-state index in [-0.39, 0.29) is 29.9 Å². The molecular weight excluding hydrogens is 438 g/mol. The van der Waals surface area contributed by atoms with Crippen LogP contribution in [0.3, 0.4) is 0 Å². The third-order valence-electron chi connectivity index (χ3n) is 7.29. The third kappa shape index (κ3) is 4.68. The Labute approximate surface area is 201 Å². The second-order valence-corrected chi connectivity index (χ2v) is 9.06. The lowest BCUT2D eigenvalue weighted by Gasteiger charge is -2.45. The lowest BCUT2D eigenvalue weighted by atomic mass is 9.65. The van der Waals surface area contributed by atoms with Crippen LogP contribution in [0.1, 0.15) is 36.8 Å². The van der Waals surface area contributed by atoms with Crippen LogP contribution in [-0.2, 0) is 12.0 Å². The number of carbonyl (C=O) groups is 1. The van der Waals surface area contributed by atoms with Crippen LogP contribution in [0.5, 0.6) is 11.5 Å². The lowest BCUT2D eigenvalue weighted by Crippen LogP contribution is -2.53. The first kappa shape index (κ1) is 23.5. The second kappa shape index (κ2) is 10.1. The average molecular weight is 470 g/mol. The molecule has 2 N–H and O–H groups in total. The number of hydrogen-bond donors (Lipinski definition) is 2. The zero-order valence-electron chi connectivity index (χ0n) is 18.8. The first-order valence-corrected chi connectivity index (χ1v) is 11.5. The van der Waals surface area contributed by atoms with Gasteiger partial charge in [0.25, 0.3) is 0 Å². The fourth-order valence-electron chi connectivity index (χ4n) is 5.73. The van der Waals surface area contributed by atoms with Gasteiger partial charge in [0, 0.05) is 30.6 Å². The molecule has 1 saturated heterocycles. The molecule has 3 atom stereocenters. The quantitative estimate of drug-likeness (QED) is 0.616. The van der Waals surface area contributed by atoms with Crippen LogP contribution in [0, 0.1) is 0 Å². The number of ether oxygens (including phenoxy) is 2. The van der Waals surface area contributed by atoms with Gasteiger partial charge < -0.3 is 20.1 Å². The monoisotopic (exact) mass is 469 g/mol. The summed E-state index contributed by atoms with van der Waals surface area (Å²) in [6, 6.07) is 17.5. The first-order valence-electron chi connectivity index (χ1n) is 11.5. The molecule has 0 bridgehead atoms. The number of likely N-dealkylation sites (tertiary alicyclic amines) is 1. The van der Waals surface area contributed by atoms with Gasteiger partial charge in [-0.15, -0.1) is 19.0 Å². The van der Waals surface area contributed by atoms with E-state index in [1.54, 1.807) is 6.08 Å². The molecule has 7 heteroatoms. The fourth-order valence-corrected chi connectivity index (χ4v) is 5.73. The average Bonchev–Trinajstić information content (AvgIpc) is 3.43. The summed E-state index contributed by atoms with van der Waals surface area (Å²) in [5, 5.41) is 6.04. The summed E-state index contributed by atoms with van der Waals surface area (Å²) in [7, 11) is 0. The van der Waals surface area contributed by atoms with Crippen molar-refractivity contribution in [2.24, 2.45) is 0 Å². The van der Waals surface area contributed by atoms with Gasteiger partial charge in [0.1, 0.15) is 0 Å². The molecule has 0 aromatic heterocycles. The van der Waals surface area contributed by atoms with Crippen molar-refractivity contribution in [1.29, 1.82) is 0 Å². The summed E-state index contributed by atoms with van der Waals surface area (Å²) in [5.41, 5.74) is 2.72. The highest BCUT2D eigenvalue weighted by atomic mass is 35.5. The van der Waals surface area contributed by atoms with E-state index in [4.69, 9.17) is 9.47 Å². The van der Waals surface area contributed by atoms with Crippen LogP contribution in [0.2, 0.25) is 0 Å². The Kier molecular flexibility index (Phi) is 7.15. The van der Waals surface area contributed by atoms with Crippen molar-refractivity contribution < 1.29 is 14.3 Å². The maximum atomic E-state index is 12.3. The van der Waals surface area contributed by atoms with E-state index in [1.165, 1.54) is 11.1 Å². The molecule has 3 aliphatic rings. The van der Waals surface area contributed by atoms with Crippen LogP contribution in [-0.4, -0.2) is 42.9 Å². The normalized spacial score (nSPS) is 25.6. The highest BCUT2D eigenvalue weighted by Gasteiger charge is 2.51. The second-order valence-electron chi connectivity index (χ2n) is 9.06. The molecule has 1 saturated carbocycles. The third-order valence-corrected chi connectivity index (χ3v) is 7.29. The number of amides is 2. The number of urea groups is 1. The number of benzene rings is 2. The van der Waals surface area contributed by atoms with Crippen LogP contribution in [0.25, 0.3) is 0 Å². The summed E-state index contributed by atoms with van der Waals surface area (Å²) < 4.78 is 11.2. The largest absolute Gasteiger partial charge is 0.454 e. The van der Waals surface area contributed by atoms with Crippen molar-refractivity contribution in [3.05, 3.63) is 72.3 Å². The predicted octanol–water partition coefficient (Wildman–Crippen LogP) is 4.39. The molecule has 1 aliphatic carbocycles. The Bertz CT molecular complexity index is 986. The molecule has 2 aromatic carbocycles. The van der Waals surface area contributed by atoms with Gasteiger partial charge in [-0.25, -0.2) is 4.79 Å². The van der Waals surface area contributed by atoms with Gasteiger partial charge in [-0.3, -0.25) is 4.90 Å². The molecule has 0 spiro atoms. The molecule has 2 aliphatic heterocycles. The van der Waals surface area contributed by atoms with Crippen molar-refractivity contribution in [3.8, 4) is 11.5 Å². The molecule has 2 aromatic rings. The van der Waals surface area contributed by atoms with Crippen LogP contribution >= 0.6 is 12.4 Å². The summed E-state index contributed by atoms with van der Waals surface area (Å²) >= 11 is 0. The molecule has 33 heavy (non-hydrogen) atoms. The maximum Gasteiger partial charge on any atom is 0.315 e. The molecular formula is C26H32ClN3O3. The number of carbonyl (C=O) groups excluding carboxylic acids is 1. The van der Waals surface area contributed by atoms with E-state index in [2.05, 4.69) is 70.6 Å². The summed E-state index contributed by atoms with van der Waals surface area (Å²) in [6.07, 6.45) is 5.74. The summed E-state index contributed by atoms with van der Waals surface area (Å²) in [6.45, 7) is 6.41. The number of nitrogens with zero attached hydrogens (tertiary/aromatic N) is 1. The molecule has 5 rings (SSSR count). The van der Waals surface area contributed by atoms with Crippen LogP contribution in [0.4, 0.5) is 4.79 Å². The summed E-state index contributed by atoms with van der Waals surface area (Å²) in [4.78, 5) is 14.9. The van der Waals surface area contributed by atoms with E-state index < -0.39 is 0 Å². The highest BCUT2D eigenvalue weighted by Crippen LogP contribution is 2.51. The van der Waals surface area contributed by atoms with Crippen molar-refractivity contribution >= 4 is 18.4 Å². The molecule has 2 fully saturated rings. The van der Waals surface area contributed by atoms with E-state index in [0.29, 0.717) is 19.4 Å². The van der Waals surface area contributed by atoms with Crippen molar-refractivity contribution in [1.82, 2.24) is 15.5 Å². The molecule has 176 valence electrons. The molecule has 0 unspecified atom stereocenters. The Morgan fingerprint density at radius 2 is 1.97 bits per heavy atom. The first-order chi connectivity index (χ1) is 15.7. The number of nitrogens with one attached hydrogen (secondary N) is 2. The van der Waals surface area contributed by atoms with E-state index in [0.717, 1.165) is 50.3 Å². The highest BCUT2D eigenvalue weighted by molar-refractivity contribution is 5.85. The number of halogens is 1. The van der Waals surface area contributed by atoms with Crippen LogP contribution < -0.4 is 20.1 Å². The molecule has 2 heterocycles. The Balaban J connectivity index is 0.00000259. The van der Waals surface area contributed by atoms with Gasteiger partial charge in [0.05, 0.1) is 0 Å². The van der Waals surface area contributed by atoms with E-state index in [9.17, 15) is 4.79 Å². The van der Waals surface area contributed by atoms with E-state index in [1.807, 2.05) is 0 Å². The smallest absolute Gasteiger partial charge is 0.315 e. The standard InChI is InChI=1S/C26H31N3O3.ClH/c1-2-13-27-25(30)28-21-10-11-26(20-8-9-22-23(15-20)32-18-31-22)12-14-29(24(26)16-21)17-19-6-4-3-5-7-19;/h2-9,15,21,24H,1,10-14,16-18H2,(H2,27,28,30);1H/t21-,24+,26+;/m1./s1. The van der Waals surface area contributed by atoms with Gasteiger partial charge in [0.2, 0.25) is 6.79 Å². The number of rotatable bonds is 6. The van der Waals surface area contributed by atoms with Gasteiger partial charge >= 0.3 is 6.03 Å². The van der Waals surface area contributed by atoms with Crippen LogP contribution in [0.15, 0.2) is 61.2 Å². The maximum absolute atomic E-state index is 12.3. The Hall–Kier alpha value is -2.70. The SMILES string of the molecule is C=CCNC(=O)N[C@@H]1CC[C@@]2(c3ccc4c(c3)OCO4)CCN(Cc3ccccc3)[C@H]2C1.Cl. The zero-order chi connectivity index (χ0) is 22.0. The predicted molar refractivity (Wildman–Crippen MR) is 131 cm³/mol. The minimum absolute atomic E-state index is 0. The minimum Gasteiger partial charge on any atom is -0.454 e. The Morgan fingerprint density at radius 1 is 1.15 bits per heavy atom. The van der Waals surface area contributed by atoms with E-state index >= 15 is 0 Å². The fraction of sp³-hybridized carbons (Fsp3) is 0.423. The molecule has 0 radical (unpaired) electrons. The lowest BCUT2D eigenvalue weighted by molar-refractivity contribution is 0.130. The molecule has 2 amide bonds. The zero-order valence-corrected chi connectivity index (χ0v) is 19.6. The van der Waals surface area contributed by atoms with Gasteiger partial charge in [-0.1, -0.05) is 42.5 Å². The van der Waals surface area contributed by atoms with Crippen molar-refractivity contribution in [2.75, 3.05) is 19.9 Å². The molecule has 6 nitrogen and oxygen atoms in total. The topological polar surface area (TPSA) is 62.8 Å². The van der Waals surface area contributed by atoms with Gasteiger partial charge in [0.15, 0.2) is 11.5 Å².